The SMILES string of the molecule is COc1cc(OC)cc(C(=O)C[n+]2ccccc2)c1.[O-][Cl+3]([O-])([O-])[O-]. The number of carbonyl (C=O) groups excluding carboxylic acids is 1. The summed E-state index contributed by atoms with van der Waals surface area (Å²) in [6.07, 6.45) is 3.71. The molecule has 1 heterocycles. The van der Waals surface area contributed by atoms with Crippen molar-refractivity contribution >= 4 is 5.78 Å². The molecule has 0 amide bonds. The minimum atomic E-state index is -4.94. The van der Waals surface area contributed by atoms with Crippen LogP contribution in [-0.4, -0.2) is 20.0 Å². The van der Waals surface area contributed by atoms with Crippen molar-refractivity contribution < 1.29 is 47.7 Å². The molecule has 0 saturated heterocycles. The Kier molecular flexibility index (Phi) is 7.56. The summed E-state index contributed by atoms with van der Waals surface area (Å²) in [5.74, 6) is 1.23. The summed E-state index contributed by atoms with van der Waals surface area (Å²) < 4.78 is 46.1. The van der Waals surface area contributed by atoms with Crippen LogP contribution in [0.15, 0.2) is 48.8 Å². The van der Waals surface area contributed by atoms with E-state index in [1.165, 1.54) is 0 Å². The molecule has 2 rings (SSSR count). The minimum Gasteiger partial charge on any atom is -0.497 e. The highest BCUT2D eigenvalue weighted by Gasteiger charge is 2.14. The van der Waals surface area contributed by atoms with Gasteiger partial charge in [0.2, 0.25) is 12.3 Å². The van der Waals surface area contributed by atoms with Crippen LogP contribution in [-0.2, 0) is 6.54 Å². The average molecular weight is 358 g/mol. The van der Waals surface area contributed by atoms with E-state index in [1.54, 1.807) is 32.4 Å². The van der Waals surface area contributed by atoms with Crippen LogP contribution in [0.4, 0.5) is 0 Å². The predicted octanol–water partition coefficient (Wildman–Crippen LogP) is -2.88. The number of benzene rings is 1. The van der Waals surface area contributed by atoms with Crippen LogP contribution in [0.5, 0.6) is 11.5 Å². The highest BCUT2D eigenvalue weighted by molar-refractivity contribution is 5.95. The monoisotopic (exact) mass is 357 g/mol. The summed E-state index contributed by atoms with van der Waals surface area (Å²) in [5, 5.41) is 0. The smallest absolute Gasteiger partial charge is 0.227 e. The Hall–Kier alpha value is -2.23. The van der Waals surface area contributed by atoms with Gasteiger partial charge in [0.15, 0.2) is 12.4 Å². The molecular formula is C15H16ClNO7. The van der Waals surface area contributed by atoms with Gasteiger partial charge in [0.05, 0.1) is 14.2 Å². The van der Waals surface area contributed by atoms with E-state index in [0.29, 0.717) is 17.1 Å². The summed E-state index contributed by atoms with van der Waals surface area (Å²) in [4.78, 5) is 12.2. The van der Waals surface area contributed by atoms with Crippen molar-refractivity contribution in [3.05, 3.63) is 54.4 Å². The second kappa shape index (κ2) is 9.16. The Bertz CT molecular complexity index is 630. The van der Waals surface area contributed by atoms with Gasteiger partial charge in [0.25, 0.3) is 0 Å². The third kappa shape index (κ3) is 7.86. The minimum absolute atomic E-state index is 0.00778. The summed E-state index contributed by atoms with van der Waals surface area (Å²) in [5.41, 5.74) is 0.576. The number of nitrogens with zero attached hydrogens (tertiary/aromatic N) is 1. The first-order chi connectivity index (χ1) is 11.2. The molecule has 0 spiro atoms. The molecule has 2 aromatic rings. The van der Waals surface area contributed by atoms with E-state index in [0.717, 1.165) is 0 Å². The first kappa shape index (κ1) is 19.8. The van der Waals surface area contributed by atoms with E-state index >= 15 is 0 Å². The summed E-state index contributed by atoms with van der Waals surface area (Å²) in [6.45, 7) is 0.289. The molecule has 24 heavy (non-hydrogen) atoms. The number of ether oxygens (including phenoxy) is 2. The Labute approximate surface area is 140 Å². The number of carbonyl (C=O) groups is 1. The highest BCUT2D eigenvalue weighted by atomic mass is 35.7. The molecule has 0 unspecified atom stereocenters. The molecule has 0 radical (unpaired) electrons. The predicted molar refractivity (Wildman–Crippen MR) is 70.5 cm³/mol. The lowest BCUT2D eigenvalue weighted by molar-refractivity contribution is -2.00. The molecular weight excluding hydrogens is 342 g/mol. The standard InChI is InChI=1S/C15H16NO3.ClHO4/c1-18-13-8-12(9-14(10-13)19-2)15(17)11-16-6-4-3-5-7-16;2-1(3,4)5/h3-10H,11H2,1-2H3;(H,2,3,4,5)/q+1;/p-1. The summed E-state index contributed by atoms with van der Waals surface area (Å²) in [7, 11) is -1.82. The number of ketones is 1. The van der Waals surface area contributed by atoms with Crippen molar-refractivity contribution in [1.82, 2.24) is 0 Å². The van der Waals surface area contributed by atoms with E-state index in [-0.39, 0.29) is 12.3 Å². The van der Waals surface area contributed by atoms with Gasteiger partial charge in [-0.1, -0.05) is 6.07 Å². The maximum atomic E-state index is 12.2. The van der Waals surface area contributed by atoms with E-state index in [1.807, 2.05) is 35.2 Å². The van der Waals surface area contributed by atoms with E-state index in [2.05, 4.69) is 0 Å². The first-order valence-electron chi connectivity index (χ1n) is 6.55. The number of methoxy groups -OCH3 is 2. The van der Waals surface area contributed by atoms with Crippen LogP contribution in [0.3, 0.4) is 0 Å². The van der Waals surface area contributed by atoms with Gasteiger partial charge in [-0.15, -0.1) is 10.2 Å². The van der Waals surface area contributed by atoms with Gasteiger partial charge < -0.3 is 9.47 Å². The Morgan fingerprint density at radius 1 is 0.958 bits per heavy atom. The average Bonchev–Trinajstić information content (AvgIpc) is 2.53. The molecule has 9 heteroatoms. The number of hydrogen-bond donors (Lipinski definition) is 0. The van der Waals surface area contributed by atoms with Gasteiger partial charge >= 0.3 is 0 Å². The lowest BCUT2D eigenvalue weighted by Crippen LogP contribution is -2.68. The van der Waals surface area contributed by atoms with Crippen LogP contribution in [0, 0.1) is 10.2 Å². The number of pyridine rings is 1. The fourth-order valence-corrected chi connectivity index (χ4v) is 1.77. The summed E-state index contributed by atoms with van der Waals surface area (Å²) >= 11 is 0. The van der Waals surface area contributed by atoms with Crippen molar-refractivity contribution in [1.29, 1.82) is 0 Å². The first-order valence-corrected chi connectivity index (χ1v) is 7.78. The normalized spacial score (nSPS) is 10.4. The fourth-order valence-electron chi connectivity index (χ4n) is 1.77. The maximum Gasteiger partial charge on any atom is 0.227 e. The Morgan fingerprint density at radius 2 is 1.42 bits per heavy atom. The van der Waals surface area contributed by atoms with Gasteiger partial charge in [0, 0.05) is 23.8 Å². The van der Waals surface area contributed by atoms with Gasteiger partial charge in [0.1, 0.15) is 11.5 Å². The molecule has 130 valence electrons. The van der Waals surface area contributed by atoms with Crippen LogP contribution in [0.1, 0.15) is 10.4 Å². The van der Waals surface area contributed by atoms with Gasteiger partial charge in [-0.25, -0.2) is 18.6 Å². The molecule has 0 aliphatic rings. The van der Waals surface area contributed by atoms with Crippen molar-refractivity contribution in [2.24, 2.45) is 0 Å². The molecule has 0 atom stereocenters. The van der Waals surface area contributed by atoms with Gasteiger partial charge in [-0.3, -0.25) is 4.79 Å². The van der Waals surface area contributed by atoms with Crippen molar-refractivity contribution in [2.45, 2.75) is 6.54 Å². The molecule has 8 nitrogen and oxygen atoms in total. The third-order valence-electron chi connectivity index (χ3n) is 2.78. The Balaban J connectivity index is 0.000000505. The largest absolute Gasteiger partial charge is 0.497 e. The second-order valence-electron chi connectivity index (χ2n) is 4.45. The third-order valence-corrected chi connectivity index (χ3v) is 2.78. The lowest BCUT2D eigenvalue weighted by atomic mass is 10.1. The quantitative estimate of drug-likeness (QED) is 0.414. The lowest BCUT2D eigenvalue weighted by Gasteiger charge is -2.17. The molecule has 0 saturated carbocycles. The number of Topliss-reactive ketones (excluding diaryl/α,β-unsaturated/α-hetero) is 1. The molecule has 0 bridgehead atoms. The zero-order valence-electron chi connectivity index (χ0n) is 13.0. The maximum absolute atomic E-state index is 12.2. The highest BCUT2D eigenvalue weighted by Crippen LogP contribution is 2.22. The molecule has 0 aliphatic carbocycles. The molecule has 0 aliphatic heterocycles. The van der Waals surface area contributed by atoms with Crippen LogP contribution in [0.25, 0.3) is 0 Å². The second-order valence-corrected chi connectivity index (χ2v) is 5.21. The van der Waals surface area contributed by atoms with Crippen molar-refractivity contribution in [3.8, 4) is 11.5 Å². The fraction of sp³-hybridized carbons (Fsp3) is 0.200. The molecule has 0 fully saturated rings. The van der Waals surface area contributed by atoms with Crippen molar-refractivity contribution in [3.63, 3.8) is 0 Å². The van der Waals surface area contributed by atoms with Gasteiger partial charge in [-0.2, -0.15) is 4.57 Å². The van der Waals surface area contributed by atoms with Gasteiger partial charge in [-0.05, 0) is 12.1 Å². The van der Waals surface area contributed by atoms with E-state index in [9.17, 15) is 4.79 Å². The Morgan fingerprint density at radius 3 is 1.83 bits per heavy atom. The van der Waals surface area contributed by atoms with Crippen LogP contribution >= 0.6 is 0 Å². The van der Waals surface area contributed by atoms with E-state index < -0.39 is 10.2 Å². The number of hydrogen-bond acceptors (Lipinski definition) is 7. The molecule has 1 aromatic heterocycles. The van der Waals surface area contributed by atoms with Crippen LogP contribution in [0.2, 0.25) is 0 Å². The van der Waals surface area contributed by atoms with Crippen LogP contribution < -0.4 is 32.7 Å². The topological polar surface area (TPSA) is 132 Å². The van der Waals surface area contributed by atoms with E-state index in [4.69, 9.17) is 28.1 Å². The number of halogens is 1. The zero-order valence-corrected chi connectivity index (χ0v) is 13.8. The summed E-state index contributed by atoms with van der Waals surface area (Å²) in [6, 6.07) is 10.9. The number of aromatic nitrogens is 1. The number of rotatable bonds is 5. The van der Waals surface area contributed by atoms with Crippen molar-refractivity contribution in [2.75, 3.05) is 14.2 Å². The molecule has 1 aromatic carbocycles. The zero-order chi connectivity index (χ0) is 18.2. The molecule has 0 N–H and O–H groups in total.